The lowest BCUT2D eigenvalue weighted by Gasteiger charge is -2.30. The van der Waals surface area contributed by atoms with Crippen molar-refractivity contribution < 1.29 is 4.79 Å². The number of Topliss-reactive ketones (excluding diaryl/α,β-unsaturated/α-hetero) is 1. The van der Waals surface area contributed by atoms with E-state index in [1.165, 1.54) is 19.3 Å². The molecule has 0 heterocycles. The third kappa shape index (κ3) is 3.05. The summed E-state index contributed by atoms with van der Waals surface area (Å²) in [4.78, 5) is 12.7. The van der Waals surface area contributed by atoms with Gasteiger partial charge in [-0.2, -0.15) is 0 Å². The molecule has 0 radical (unpaired) electrons. The third-order valence-electron chi connectivity index (χ3n) is 3.97. The van der Waals surface area contributed by atoms with Crippen molar-refractivity contribution in [2.75, 3.05) is 0 Å². The molecular weight excluding hydrogens is 356 g/mol. The summed E-state index contributed by atoms with van der Waals surface area (Å²) in [6, 6.07) is 5.83. The molecule has 1 aliphatic carbocycles. The molecule has 0 aromatic heterocycles. The molecule has 18 heavy (non-hydrogen) atoms. The maximum absolute atomic E-state index is 12.7. The van der Waals surface area contributed by atoms with E-state index >= 15 is 0 Å². The van der Waals surface area contributed by atoms with Crippen molar-refractivity contribution in [3.8, 4) is 0 Å². The summed E-state index contributed by atoms with van der Waals surface area (Å²) >= 11 is 6.93. The van der Waals surface area contributed by atoms with Gasteiger partial charge in [0.1, 0.15) is 0 Å². The van der Waals surface area contributed by atoms with E-state index in [0.29, 0.717) is 11.7 Å². The van der Waals surface area contributed by atoms with E-state index in [1.54, 1.807) is 0 Å². The maximum Gasteiger partial charge on any atom is 0.167 e. The van der Waals surface area contributed by atoms with Gasteiger partial charge in [0.2, 0.25) is 0 Å². The highest BCUT2D eigenvalue weighted by Crippen LogP contribution is 2.36. The second kappa shape index (κ2) is 6.33. The summed E-state index contributed by atoms with van der Waals surface area (Å²) in [5.74, 6) is 1.11. The molecule has 1 fully saturated rings. The van der Waals surface area contributed by atoms with Crippen LogP contribution in [0.4, 0.5) is 0 Å². The summed E-state index contributed by atoms with van der Waals surface area (Å²) in [6.45, 7) is 2.20. The van der Waals surface area contributed by atoms with E-state index in [2.05, 4.69) is 38.8 Å². The quantitative estimate of drug-likeness (QED) is 0.629. The number of carbonyl (C=O) groups is 1. The lowest BCUT2D eigenvalue weighted by atomic mass is 9.74. The van der Waals surface area contributed by atoms with Gasteiger partial charge in [0, 0.05) is 20.4 Å². The molecule has 0 saturated heterocycles. The first kappa shape index (κ1) is 14.3. The number of hydrogen-bond acceptors (Lipinski definition) is 1. The number of carbonyl (C=O) groups excluding carboxylic acids is 1. The molecule has 3 heteroatoms. The van der Waals surface area contributed by atoms with Crippen LogP contribution in [0.25, 0.3) is 0 Å². The molecule has 0 N–H and O–H groups in total. The van der Waals surface area contributed by atoms with Crippen LogP contribution in [0.2, 0.25) is 0 Å². The molecule has 1 aromatic carbocycles. The lowest BCUT2D eigenvalue weighted by molar-refractivity contribution is 0.0819. The largest absolute Gasteiger partial charge is 0.294 e. The van der Waals surface area contributed by atoms with Gasteiger partial charge in [0.15, 0.2) is 5.78 Å². The number of rotatable bonds is 3. The Kier molecular flexibility index (Phi) is 5.02. The van der Waals surface area contributed by atoms with E-state index in [1.807, 2.05) is 18.2 Å². The Hall–Kier alpha value is -0.150. The standard InChI is InChI=1S/C15H18Br2O/c1-2-10-5-3-4-6-12(10)15(18)13-8-7-11(16)9-14(13)17/h7-10,12H,2-6H2,1H3. The third-order valence-corrected chi connectivity index (χ3v) is 5.12. The van der Waals surface area contributed by atoms with E-state index < -0.39 is 0 Å². The van der Waals surface area contributed by atoms with Crippen LogP contribution in [-0.4, -0.2) is 5.78 Å². The summed E-state index contributed by atoms with van der Waals surface area (Å²) in [7, 11) is 0. The summed E-state index contributed by atoms with van der Waals surface area (Å²) < 4.78 is 1.91. The Morgan fingerprint density at radius 1 is 1.28 bits per heavy atom. The average molecular weight is 374 g/mol. The minimum absolute atomic E-state index is 0.223. The summed E-state index contributed by atoms with van der Waals surface area (Å²) in [6.07, 6.45) is 5.86. The molecule has 0 bridgehead atoms. The molecule has 0 amide bonds. The van der Waals surface area contributed by atoms with Crippen LogP contribution in [0.5, 0.6) is 0 Å². The topological polar surface area (TPSA) is 17.1 Å². The van der Waals surface area contributed by atoms with Gasteiger partial charge >= 0.3 is 0 Å². The molecular formula is C15H18Br2O. The van der Waals surface area contributed by atoms with Crippen molar-refractivity contribution in [2.45, 2.75) is 39.0 Å². The first-order chi connectivity index (χ1) is 8.63. The van der Waals surface area contributed by atoms with E-state index in [0.717, 1.165) is 27.4 Å². The normalized spacial score (nSPS) is 23.9. The predicted molar refractivity (Wildman–Crippen MR) is 81.9 cm³/mol. The predicted octanol–water partition coefficient (Wildman–Crippen LogP) is 5.61. The number of halogens is 2. The Balaban J connectivity index is 2.24. The monoisotopic (exact) mass is 372 g/mol. The first-order valence-corrected chi connectivity index (χ1v) is 8.21. The van der Waals surface area contributed by atoms with Crippen molar-refractivity contribution in [1.29, 1.82) is 0 Å². The second-order valence-electron chi connectivity index (χ2n) is 5.05. The molecule has 0 spiro atoms. The van der Waals surface area contributed by atoms with E-state index in [4.69, 9.17) is 0 Å². The second-order valence-corrected chi connectivity index (χ2v) is 6.82. The van der Waals surface area contributed by atoms with Crippen LogP contribution in [-0.2, 0) is 0 Å². The molecule has 0 aliphatic heterocycles. The summed E-state index contributed by atoms with van der Waals surface area (Å²) in [5, 5.41) is 0. The van der Waals surface area contributed by atoms with Gasteiger partial charge in [-0.15, -0.1) is 0 Å². The number of hydrogen-bond donors (Lipinski definition) is 0. The van der Waals surface area contributed by atoms with Gasteiger partial charge < -0.3 is 0 Å². The zero-order valence-electron chi connectivity index (χ0n) is 10.6. The van der Waals surface area contributed by atoms with Crippen molar-refractivity contribution in [2.24, 2.45) is 11.8 Å². The van der Waals surface area contributed by atoms with Gasteiger partial charge in [-0.05, 0) is 37.0 Å². The molecule has 1 aliphatic rings. The molecule has 98 valence electrons. The highest BCUT2D eigenvalue weighted by molar-refractivity contribution is 9.11. The molecule has 2 unspecified atom stereocenters. The van der Waals surface area contributed by atoms with Crippen LogP contribution in [0.15, 0.2) is 27.1 Å². The van der Waals surface area contributed by atoms with Crippen LogP contribution in [0.1, 0.15) is 49.4 Å². The Bertz CT molecular complexity index is 442. The lowest BCUT2D eigenvalue weighted by Crippen LogP contribution is -2.27. The fraction of sp³-hybridized carbons (Fsp3) is 0.533. The number of ketones is 1. The first-order valence-electron chi connectivity index (χ1n) is 6.62. The fourth-order valence-electron chi connectivity index (χ4n) is 2.93. The van der Waals surface area contributed by atoms with Crippen LogP contribution < -0.4 is 0 Å². The zero-order valence-corrected chi connectivity index (χ0v) is 13.8. The zero-order chi connectivity index (χ0) is 13.1. The molecule has 2 rings (SSSR count). The Labute approximate surface area is 126 Å². The van der Waals surface area contributed by atoms with E-state index in [9.17, 15) is 4.79 Å². The van der Waals surface area contributed by atoms with Gasteiger partial charge in [-0.1, -0.05) is 58.0 Å². The SMILES string of the molecule is CCC1CCCCC1C(=O)c1ccc(Br)cc1Br. The van der Waals surface area contributed by atoms with Gasteiger partial charge in [-0.3, -0.25) is 4.79 Å². The van der Waals surface area contributed by atoms with Crippen molar-refractivity contribution in [1.82, 2.24) is 0 Å². The van der Waals surface area contributed by atoms with Gasteiger partial charge in [0.25, 0.3) is 0 Å². The van der Waals surface area contributed by atoms with Crippen LogP contribution in [0.3, 0.4) is 0 Å². The maximum atomic E-state index is 12.7. The smallest absolute Gasteiger partial charge is 0.167 e. The van der Waals surface area contributed by atoms with Crippen LogP contribution in [0, 0.1) is 11.8 Å². The minimum atomic E-state index is 0.223. The van der Waals surface area contributed by atoms with Gasteiger partial charge in [0.05, 0.1) is 0 Å². The number of benzene rings is 1. The molecule has 1 saturated carbocycles. The molecule has 2 atom stereocenters. The Morgan fingerprint density at radius 3 is 2.67 bits per heavy atom. The average Bonchev–Trinajstić information content (AvgIpc) is 2.38. The molecule has 1 aromatic rings. The van der Waals surface area contributed by atoms with E-state index in [-0.39, 0.29) is 5.92 Å². The highest BCUT2D eigenvalue weighted by atomic mass is 79.9. The van der Waals surface area contributed by atoms with Crippen molar-refractivity contribution in [3.05, 3.63) is 32.7 Å². The summed E-state index contributed by atoms with van der Waals surface area (Å²) in [5.41, 5.74) is 0.837. The van der Waals surface area contributed by atoms with Crippen LogP contribution >= 0.6 is 31.9 Å². The Morgan fingerprint density at radius 2 is 2.00 bits per heavy atom. The van der Waals surface area contributed by atoms with Crippen molar-refractivity contribution >= 4 is 37.6 Å². The highest BCUT2D eigenvalue weighted by Gasteiger charge is 2.30. The minimum Gasteiger partial charge on any atom is -0.294 e. The van der Waals surface area contributed by atoms with Gasteiger partial charge in [-0.25, -0.2) is 0 Å². The molecule has 1 nitrogen and oxygen atoms in total. The fourth-order valence-corrected chi connectivity index (χ4v) is 4.17. The van der Waals surface area contributed by atoms with Crippen molar-refractivity contribution in [3.63, 3.8) is 0 Å².